The van der Waals surface area contributed by atoms with E-state index in [1.807, 2.05) is 0 Å². The van der Waals surface area contributed by atoms with Crippen LogP contribution in [-0.2, 0) is 22.4 Å². The number of hydrogen-bond acceptors (Lipinski definition) is 6. The Hall–Kier alpha value is -1.18. The van der Waals surface area contributed by atoms with Crippen LogP contribution in [0.5, 0.6) is 0 Å². The number of nitrogens with one attached hydrogen (secondary N) is 1. The van der Waals surface area contributed by atoms with Crippen molar-refractivity contribution >= 4 is 39.2 Å². The zero-order valence-corrected chi connectivity index (χ0v) is 16.0. The fourth-order valence-corrected chi connectivity index (χ4v) is 5.84. The first-order chi connectivity index (χ1) is 12.2. The summed E-state index contributed by atoms with van der Waals surface area (Å²) in [7, 11) is 0. The summed E-state index contributed by atoms with van der Waals surface area (Å²) in [6.45, 7) is 3.74. The number of aromatic nitrogens is 2. The van der Waals surface area contributed by atoms with E-state index >= 15 is 0 Å². The van der Waals surface area contributed by atoms with Crippen LogP contribution in [0, 0.1) is 5.92 Å². The highest BCUT2D eigenvalue weighted by atomic mass is 32.2. The molecule has 0 aromatic carbocycles. The van der Waals surface area contributed by atoms with Crippen LogP contribution in [0.2, 0.25) is 0 Å². The fraction of sp³-hybridized carbons (Fsp3) is 0.611. The average molecular weight is 378 g/mol. The van der Waals surface area contributed by atoms with Crippen molar-refractivity contribution in [3.63, 3.8) is 0 Å². The first-order valence-electron chi connectivity index (χ1n) is 8.97. The van der Waals surface area contributed by atoms with Gasteiger partial charge in [-0.3, -0.25) is 4.79 Å². The molecule has 1 aliphatic carbocycles. The quantitative estimate of drug-likeness (QED) is 0.640. The van der Waals surface area contributed by atoms with Gasteiger partial charge in [0.05, 0.1) is 11.9 Å². The van der Waals surface area contributed by atoms with Gasteiger partial charge in [0.1, 0.15) is 16.2 Å². The maximum absolute atomic E-state index is 12.2. The molecule has 1 saturated heterocycles. The summed E-state index contributed by atoms with van der Waals surface area (Å²) < 4.78 is 5.54. The second kappa shape index (κ2) is 7.60. The van der Waals surface area contributed by atoms with Gasteiger partial charge in [-0.25, -0.2) is 9.97 Å². The molecule has 5 nitrogen and oxygen atoms in total. The molecule has 0 spiro atoms. The van der Waals surface area contributed by atoms with E-state index in [1.165, 1.54) is 34.0 Å². The van der Waals surface area contributed by atoms with Gasteiger partial charge in [-0.1, -0.05) is 18.7 Å². The lowest BCUT2D eigenvalue weighted by Gasteiger charge is -2.18. The van der Waals surface area contributed by atoms with Crippen LogP contribution in [0.4, 0.5) is 0 Å². The number of thioether (sulfide) groups is 1. The molecule has 0 saturated carbocycles. The maximum atomic E-state index is 12.2. The van der Waals surface area contributed by atoms with Crippen molar-refractivity contribution in [2.75, 3.05) is 18.9 Å². The van der Waals surface area contributed by atoms with Crippen LogP contribution in [0.25, 0.3) is 10.2 Å². The number of ether oxygens (including phenoxy) is 1. The Labute approximate surface area is 156 Å². The Morgan fingerprint density at radius 3 is 3.20 bits per heavy atom. The van der Waals surface area contributed by atoms with Crippen molar-refractivity contribution in [2.45, 2.75) is 50.2 Å². The third-order valence-electron chi connectivity index (χ3n) is 4.95. The zero-order chi connectivity index (χ0) is 17.2. The van der Waals surface area contributed by atoms with Gasteiger partial charge in [0, 0.05) is 23.4 Å². The number of nitrogens with zero attached hydrogens (tertiary/aromatic N) is 2. The standard InChI is InChI=1S/C18H23N3O2S2/c1-11-4-5-13-14(7-11)25-18-16(13)17(20-10-21-18)24-9-15(22)19-8-12-3-2-6-23-12/h10-12H,2-9H2,1H3,(H,19,22)/t11-,12-/m0/s1. The van der Waals surface area contributed by atoms with Gasteiger partial charge in [-0.2, -0.15) is 0 Å². The highest BCUT2D eigenvalue weighted by Crippen LogP contribution is 2.40. The number of fused-ring (bicyclic) bond motifs is 3. The highest BCUT2D eigenvalue weighted by molar-refractivity contribution is 8.00. The maximum Gasteiger partial charge on any atom is 0.230 e. The molecule has 2 aromatic rings. The van der Waals surface area contributed by atoms with E-state index in [0.29, 0.717) is 12.3 Å². The van der Waals surface area contributed by atoms with Crippen LogP contribution in [0.1, 0.15) is 36.6 Å². The Balaban J connectivity index is 1.43. The molecular weight excluding hydrogens is 354 g/mol. The zero-order valence-electron chi connectivity index (χ0n) is 14.4. The number of amides is 1. The fourth-order valence-electron chi connectivity index (χ4n) is 3.57. The van der Waals surface area contributed by atoms with Gasteiger partial charge in [0.25, 0.3) is 0 Å². The molecule has 2 atom stereocenters. The number of rotatable bonds is 5. The number of hydrogen-bond donors (Lipinski definition) is 1. The third kappa shape index (κ3) is 3.83. The molecular formula is C18H23N3O2S2. The summed E-state index contributed by atoms with van der Waals surface area (Å²) in [5.41, 5.74) is 1.42. The molecule has 7 heteroatoms. The van der Waals surface area contributed by atoms with Crippen LogP contribution in [-0.4, -0.2) is 40.9 Å². The lowest BCUT2D eigenvalue weighted by molar-refractivity contribution is -0.119. The summed E-state index contributed by atoms with van der Waals surface area (Å²) >= 11 is 3.32. The smallest absolute Gasteiger partial charge is 0.230 e. The van der Waals surface area contributed by atoms with E-state index in [9.17, 15) is 4.79 Å². The Morgan fingerprint density at radius 1 is 1.44 bits per heavy atom. The summed E-state index contributed by atoms with van der Waals surface area (Å²) in [6.07, 6.45) is 7.41. The van der Waals surface area contributed by atoms with Crippen LogP contribution < -0.4 is 5.32 Å². The van der Waals surface area contributed by atoms with Gasteiger partial charge in [0.15, 0.2) is 0 Å². The summed E-state index contributed by atoms with van der Waals surface area (Å²) in [4.78, 5) is 23.6. The Kier molecular flexibility index (Phi) is 5.24. The third-order valence-corrected chi connectivity index (χ3v) is 7.10. The van der Waals surface area contributed by atoms with E-state index in [0.717, 1.165) is 48.1 Å². The van der Waals surface area contributed by atoms with Gasteiger partial charge in [0.2, 0.25) is 5.91 Å². The molecule has 1 amide bonds. The van der Waals surface area contributed by atoms with Crippen LogP contribution >= 0.6 is 23.1 Å². The molecule has 2 aliphatic rings. The lowest BCUT2D eigenvalue weighted by atomic mass is 9.89. The molecule has 0 unspecified atom stereocenters. The predicted octanol–water partition coefficient (Wildman–Crippen LogP) is 3.20. The topological polar surface area (TPSA) is 64.1 Å². The number of carbonyl (C=O) groups excluding carboxylic acids is 1. The largest absolute Gasteiger partial charge is 0.376 e. The van der Waals surface area contributed by atoms with Gasteiger partial charge < -0.3 is 10.1 Å². The number of carbonyl (C=O) groups is 1. The van der Waals surface area contributed by atoms with Crippen molar-refractivity contribution in [2.24, 2.45) is 5.92 Å². The van der Waals surface area contributed by atoms with Gasteiger partial charge >= 0.3 is 0 Å². The minimum atomic E-state index is 0.0463. The lowest BCUT2D eigenvalue weighted by Crippen LogP contribution is -2.32. The van der Waals surface area contributed by atoms with Crippen molar-refractivity contribution in [1.82, 2.24) is 15.3 Å². The Bertz CT molecular complexity index is 771. The predicted molar refractivity (Wildman–Crippen MR) is 101 cm³/mol. The molecule has 1 N–H and O–H groups in total. The van der Waals surface area contributed by atoms with Crippen LogP contribution in [0.15, 0.2) is 11.4 Å². The van der Waals surface area contributed by atoms with E-state index in [2.05, 4.69) is 22.2 Å². The highest BCUT2D eigenvalue weighted by Gasteiger charge is 2.23. The van der Waals surface area contributed by atoms with E-state index in [4.69, 9.17) is 4.74 Å². The Morgan fingerprint density at radius 2 is 2.36 bits per heavy atom. The number of aryl methyl sites for hydroxylation is 1. The molecule has 2 aromatic heterocycles. The molecule has 0 radical (unpaired) electrons. The van der Waals surface area contributed by atoms with Gasteiger partial charge in [-0.15, -0.1) is 11.3 Å². The average Bonchev–Trinajstić information content (AvgIpc) is 3.24. The van der Waals surface area contributed by atoms with E-state index in [1.54, 1.807) is 17.7 Å². The molecule has 25 heavy (non-hydrogen) atoms. The van der Waals surface area contributed by atoms with Crippen molar-refractivity contribution in [1.29, 1.82) is 0 Å². The van der Waals surface area contributed by atoms with E-state index < -0.39 is 0 Å². The molecule has 134 valence electrons. The normalized spacial score (nSPS) is 22.9. The second-order valence-corrected chi connectivity index (χ2v) is 8.99. The van der Waals surface area contributed by atoms with Crippen molar-refractivity contribution in [3.05, 3.63) is 16.8 Å². The van der Waals surface area contributed by atoms with Crippen LogP contribution in [0.3, 0.4) is 0 Å². The minimum absolute atomic E-state index is 0.0463. The molecule has 0 bridgehead atoms. The molecule has 4 rings (SSSR count). The molecule has 1 aliphatic heterocycles. The van der Waals surface area contributed by atoms with Crippen molar-refractivity contribution < 1.29 is 9.53 Å². The number of thiophene rings is 1. The first kappa shape index (κ1) is 17.2. The first-order valence-corrected chi connectivity index (χ1v) is 10.8. The SMILES string of the molecule is C[C@H]1CCc2c(sc3ncnc(SCC(=O)NC[C@@H]4CCCO4)c23)C1. The summed E-state index contributed by atoms with van der Waals surface area (Å²) in [5, 5.41) is 5.11. The second-order valence-electron chi connectivity index (χ2n) is 6.94. The van der Waals surface area contributed by atoms with E-state index in [-0.39, 0.29) is 12.0 Å². The van der Waals surface area contributed by atoms with Crippen molar-refractivity contribution in [3.8, 4) is 0 Å². The monoisotopic (exact) mass is 377 g/mol. The summed E-state index contributed by atoms with van der Waals surface area (Å²) in [5.74, 6) is 1.18. The molecule has 3 heterocycles. The molecule has 1 fully saturated rings. The van der Waals surface area contributed by atoms with Gasteiger partial charge in [-0.05, 0) is 43.6 Å². The summed E-state index contributed by atoms with van der Waals surface area (Å²) in [6, 6.07) is 0. The minimum Gasteiger partial charge on any atom is -0.376 e.